The molecule has 0 radical (unpaired) electrons. The Balaban J connectivity index is 3.39. The third-order valence-electron chi connectivity index (χ3n) is 3.44. The van der Waals surface area contributed by atoms with E-state index >= 15 is 0 Å². The molecule has 0 saturated heterocycles. The normalized spacial score (nSPS) is 16.0. The highest BCUT2D eigenvalue weighted by molar-refractivity contribution is 8.45. The zero-order valence-corrected chi connectivity index (χ0v) is 14.0. The van der Waals surface area contributed by atoms with Crippen LogP contribution in [0.2, 0.25) is 0 Å². The number of ether oxygens (including phenoxy) is 1. The molecular weight excluding hydrogens is 349 g/mol. The summed E-state index contributed by atoms with van der Waals surface area (Å²) in [6, 6.07) is 0.593. The van der Waals surface area contributed by atoms with Crippen LogP contribution in [0.1, 0.15) is 42.9 Å². The Morgan fingerprint density at radius 3 is 1.96 bits per heavy atom. The minimum Gasteiger partial charge on any atom is -0.432 e. The zero-order chi connectivity index (χ0) is 18.3. The van der Waals surface area contributed by atoms with Crippen molar-refractivity contribution in [1.29, 1.82) is 0 Å². The molecule has 0 aliphatic rings. The third kappa shape index (κ3) is 4.92. The Bertz CT molecular complexity index is 608. The van der Waals surface area contributed by atoms with Crippen molar-refractivity contribution in [2.45, 2.75) is 58.0 Å². The van der Waals surface area contributed by atoms with Crippen LogP contribution < -0.4 is 4.74 Å². The summed E-state index contributed by atoms with van der Waals surface area (Å²) in [5.41, 5.74) is -2.02. The molecule has 1 nitrogen and oxygen atoms in total. The van der Waals surface area contributed by atoms with Crippen molar-refractivity contribution >= 4 is 10.2 Å². The fraction of sp³-hybridized carbons (Fsp3) is 0.571. The van der Waals surface area contributed by atoms with Gasteiger partial charge in [0.25, 0.3) is 0 Å². The maximum absolute atomic E-state index is 13.6. The second-order valence-electron chi connectivity index (χ2n) is 5.58. The van der Waals surface area contributed by atoms with Gasteiger partial charge in [-0.3, -0.25) is 0 Å². The quantitative estimate of drug-likeness (QED) is 0.474. The first-order valence-electron chi connectivity index (χ1n) is 6.90. The number of halogens is 7. The molecule has 0 amide bonds. The standard InChI is InChI=1S/C14H19F7OS/c1-5-6-7-14(15,16)22-12-8-9(2)13(11(4)10(12)3)23(17,18,19,20)21/h8H,5-7H2,1-4H3. The van der Waals surface area contributed by atoms with Gasteiger partial charge in [-0.1, -0.05) is 32.8 Å². The fourth-order valence-electron chi connectivity index (χ4n) is 2.32. The lowest BCUT2D eigenvalue weighted by Gasteiger charge is -2.43. The van der Waals surface area contributed by atoms with Gasteiger partial charge in [-0.2, -0.15) is 8.78 Å². The van der Waals surface area contributed by atoms with Crippen LogP contribution in [0, 0.1) is 20.8 Å². The lowest BCUT2D eigenvalue weighted by atomic mass is 10.1. The van der Waals surface area contributed by atoms with Crippen molar-refractivity contribution in [1.82, 2.24) is 0 Å². The van der Waals surface area contributed by atoms with Gasteiger partial charge in [0, 0.05) is 0 Å². The van der Waals surface area contributed by atoms with E-state index in [-0.39, 0.29) is 12.0 Å². The molecule has 0 spiro atoms. The Morgan fingerprint density at radius 2 is 1.52 bits per heavy atom. The van der Waals surface area contributed by atoms with Gasteiger partial charge in [-0.15, -0.1) is 0 Å². The number of hydrogen-bond acceptors (Lipinski definition) is 1. The Kier molecular flexibility index (Phi) is 4.50. The van der Waals surface area contributed by atoms with Crippen LogP contribution in [0.15, 0.2) is 11.0 Å². The first kappa shape index (κ1) is 19.9. The minimum atomic E-state index is -9.92. The molecule has 1 aromatic rings. The van der Waals surface area contributed by atoms with Gasteiger partial charge in [0.2, 0.25) is 0 Å². The molecule has 0 unspecified atom stereocenters. The summed E-state index contributed by atoms with van der Waals surface area (Å²) in [4.78, 5) is -2.04. The van der Waals surface area contributed by atoms with E-state index < -0.39 is 44.5 Å². The molecule has 0 aliphatic carbocycles. The van der Waals surface area contributed by atoms with Crippen molar-refractivity contribution in [3.05, 3.63) is 22.8 Å². The summed E-state index contributed by atoms with van der Waals surface area (Å²) < 4.78 is 97.3. The van der Waals surface area contributed by atoms with Crippen molar-refractivity contribution in [3.8, 4) is 5.75 Å². The maximum atomic E-state index is 13.6. The molecule has 0 aromatic heterocycles. The van der Waals surface area contributed by atoms with Crippen LogP contribution >= 0.6 is 10.2 Å². The Morgan fingerprint density at radius 1 is 1.00 bits per heavy atom. The largest absolute Gasteiger partial charge is 0.432 e. The highest BCUT2D eigenvalue weighted by Gasteiger charge is 2.67. The van der Waals surface area contributed by atoms with Gasteiger partial charge in [-0.05, 0) is 49.9 Å². The number of aryl methyl sites for hydroxylation is 1. The van der Waals surface area contributed by atoms with Crippen LogP contribution in [0.4, 0.5) is 28.2 Å². The van der Waals surface area contributed by atoms with E-state index in [4.69, 9.17) is 0 Å². The smallest absolute Gasteiger partial charge is 0.397 e. The SMILES string of the molecule is CCCCC(F)(F)Oc1cc(C)c(S(F)(F)(F)(F)F)c(C)c1C. The predicted molar refractivity (Wildman–Crippen MR) is 77.2 cm³/mol. The Labute approximate surface area is 130 Å². The van der Waals surface area contributed by atoms with Crippen molar-refractivity contribution in [2.75, 3.05) is 0 Å². The zero-order valence-electron chi connectivity index (χ0n) is 13.2. The monoisotopic (exact) mass is 368 g/mol. The van der Waals surface area contributed by atoms with Crippen molar-refractivity contribution < 1.29 is 32.9 Å². The second kappa shape index (κ2) is 5.19. The molecule has 0 saturated carbocycles. The van der Waals surface area contributed by atoms with Crippen LogP contribution in [0.5, 0.6) is 5.75 Å². The number of rotatable bonds is 6. The van der Waals surface area contributed by atoms with Crippen molar-refractivity contribution in [3.63, 3.8) is 0 Å². The third-order valence-corrected chi connectivity index (χ3v) is 4.84. The molecular formula is C14H19F7OS. The van der Waals surface area contributed by atoms with Crippen molar-refractivity contribution in [2.24, 2.45) is 0 Å². The number of hydrogen-bond donors (Lipinski definition) is 0. The summed E-state index contributed by atoms with van der Waals surface area (Å²) in [6.45, 7) is 4.37. The van der Waals surface area contributed by atoms with Gasteiger partial charge < -0.3 is 4.74 Å². The average molecular weight is 368 g/mol. The molecule has 0 aliphatic heterocycles. The van der Waals surface area contributed by atoms with Crippen LogP contribution in [0.25, 0.3) is 0 Å². The van der Waals surface area contributed by atoms with E-state index in [0.717, 1.165) is 20.8 Å². The lowest BCUT2D eigenvalue weighted by Crippen LogP contribution is -2.25. The van der Waals surface area contributed by atoms with E-state index in [1.54, 1.807) is 6.92 Å². The number of alkyl halides is 2. The van der Waals surface area contributed by atoms with Gasteiger partial charge in [-0.25, -0.2) is 0 Å². The summed E-state index contributed by atoms with van der Waals surface area (Å²) in [5.74, 6) is -0.522. The highest BCUT2D eigenvalue weighted by atomic mass is 32.5. The number of benzene rings is 1. The van der Waals surface area contributed by atoms with Crippen LogP contribution in [-0.4, -0.2) is 6.11 Å². The summed E-state index contributed by atoms with van der Waals surface area (Å²) >= 11 is 0. The number of unbranched alkanes of at least 4 members (excludes halogenated alkanes) is 1. The highest BCUT2D eigenvalue weighted by Crippen LogP contribution is 3.02. The second-order valence-corrected chi connectivity index (χ2v) is 7.93. The fourth-order valence-corrected chi connectivity index (χ4v) is 3.71. The van der Waals surface area contributed by atoms with E-state index in [1.807, 2.05) is 0 Å². The molecule has 1 aromatic carbocycles. The lowest BCUT2D eigenvalue weighted by molar-refractivity contribution is -0.181. The molecule has 1 rings (SSSR count). The summed E-state index contributed by atoms with van der Waals surface area (Å²) in [6.07, 6.45) is -3.53. The van der Waals surface area contributed by atoms with E-state index in [1.165, 1.54) is 0 Å². The maximum Gasteiger partial charge on any atom is 0.397 e. The van der Waals surface area contributed by atoms with E-state index in [9.17, 15) is 28.2 Å². The summed E-state index contributed by atoms with van der Waals surface area (Å²) in [7, 11) is -9.92. The molecule has 0 bridgehead atoms. The minimum absolute atomic E-state index is 0.160. The summed E-state index contributed by atoms with van der Waals surface area (Å²) in [5, 5.41) is 0. The predicted octanol–water partition coefficient (Wildman–Crippen LogP) is 7.43. The topological polar surface area (TPSA) is 9.23 Å². The molecule has 136 valence electrons. The van der Waals surface area contributed by atoms with E-state index in [0.29, 0.717) is 12.5 Å². The molecule has 0 heterocycles. The molecule has 0 atom stereocenters. The molecule has 9 heteroatoms. The van der Waals surface area contributed by atoms with Gasteiger partial charge in [0.05, 0.1) is 6.42 Å². The van der Waals surface area contributed by atoms with Gasteiger partial charge >= 0.3 is 16.3 Å². The molecule has 0 fully saturated rings. The first-order chi connectivity index (χ1) is 9.98. The first-order valence-corrected chi connectivity index (χ1v) is 8.85. The average Bonchev–Trinajstić information content (AvgIpc) is 2.29. The van der Waals surface area contributed by atoms with Crippen LogP contribution in [0.3, 0.4) is 0 Å². The van der Waals surface area contributed by atoms with Gasteiger partial charge in [0.15, 0.2) is 0 Å². The van der Waals surface area contributed by atoms with Crippen LogP contribution in [-0.2, 0) is 0 Å². The van der Waals surface area contributed by atoms with Gasteiger partial charge in [0.1, 0.15) is 10.6 Å². The van der Waals surface area contributed by atoms with E-state index in [2.05, 4.69) is 4.74 Å². The Hall–Kier alpha value is -1.12. The molecule has 0 N–H and O–H groups in total. The molecule has 23 heavy (non-hydrogen) atoms.